The maximum absolute atomic E-state index is 12.7. The number of hydrogen-bond donors (Lipinski definition) is 1. The maximum atomic E-state index is 12.7. The minimum Gasteiger partial charge on any atom is -0.490 e. The van der Waals surface area contributed by atoms with Gasteiger partial charge < -0.3 is 19.5 Å². The van der Waals surface area contributed by atoms with Crippen LogP contribution >= 0.6 is 11.6 Å². The number of para-hydroxylation sites is 2. The van der Waals surface area contributed by atoms with E-state index >= 15 is 0 Å². The van der Waals surface area contributed by atoms with E-state index in [0.717, 1.165) is 5.75 Å². The van der Waals surface area contributed by atoms with Gasteiger partial charge in [-0.05, 0) is 30.3 Å². The second-order valence-corrected chi connectivity index (χ2v) is 7.34. The predicted molar refractivity (Wildman–Crippen MR) is 118 cm³/mol. The zero-order valence-corrected chi connectivity index (χ0v) is 17.5. The summed E-state index contributed by atoms with van der Waals surface area (Å²) >= 11 is 6.12. The number of ether oxygens (including phenoxy) is 1. The summed E-state index contributed by atoms with van der Waals surface area (Å²) in [5.74, 6) is 1.01. The number of anilines is 1. The molecule has 158 valence electrons. The third-order valence-electron chi connectivity index (χ3n) is 4.88. The van der Waals surface area contributed by atoms with E-state index in [1.807, 2.05) is 34.9 Å². The summed E-state index contributed by atoms with van der Waals surface area (Å²) in [5, 5.41) is 3.27. The normalized spacial score (nSPS) is 13.1. The third-order valence-corrected chi connectivity index (χ3v) is 5.21. The standard InChI is InChI=1S/C23H21ClN4O3/c24-18-9-4-5-10-19(18)26-23(30)20-15-25-21-16-27(12-13-28(20)21)22(29)11-6-14-31-17-7-2-1-3-8-17/h1-11,15H,12-14,16H2,(H,26,30)/b11-6+. The molecule has 1 aliphatic rings. The zero-order chi connectivity index (χ0) is 21.6. The number of imidazole rings is 1. The Morgan fingerprint density at radius 3 is 2.68 bits per heavy atom. The molecular formula is C23H21ClN4O3. The summed E-state index contributed by atoms with van der Waals surface area (Å²) in [6, 6.07) is 16.5. The Kier molecular flexibility index (Phi) is 6.33. The van der Waals surface area contributed by atoms with Gasteiger partial charge in [-0.25, -0.2) is 4.98 Å². The monoisotopic (exact) mass is 436 g/mol. The molecule has 0 bridgehead atoms. The zero-order valence-electron chi connectivity index (χ0n) is 16.7. The van der Waals surface area contributed by atoms with Gasteiger partial charge in [-0.2, -0.15) is 0 Å². The van der Waals surface area contributed by atoms with Crippen molar-refractivity contribution in [3.63, 3.8) is 0 Å². The number of benzene rings is 2. The minimum absolute atomic E-state index is 0.118. The van der Waals surface area contributed by atoms with E-state index < -0.39 is 0 Å². The molecule has 2 aromatic carbocycles. The number of aromatic nitrogens is 2. The van der Waals surface area contributed by atoms with Crippen LogP contribution < -0.4 is 10.1 Å². The van der Waals surface area contributed by atoms with Gasteiger partial charge >= 0.3 is 0 Å². The van der Waals surface area contributed by atoms with Gasteiger partial charge in [0.05, 0.1) is 23.5 Å². The number of halogens is 1. The van der Waals surface area contributed by atoms with E-state index in [-0.39, 0.29) is 11.8 Å². The third kappa shape index (κ3) is 4.95. The molecule has 1 aliphatic heterocycles. The maximum Gasteiger partial charge on any atom is 0.273 e. The highest BCUT2D eigenvalue weighted by Crippen LogP contribution is 2.22. The lowest BCUT2D eigenvalue weighted by molar-refractivity contribution is -0.127. The molecule has 0 saturated heterocycles. The first kappa shape index (κ1) is 20.7. The Bertz CT molecular complexity index is 1110. The summed E-state index contributed by atoms with van der Waals surface area (Å²) in [5.41, 5.74) is 0.981. The summed E-state index contributed by atoms with van der Waals surface area (Å²) in [4.78, 5) is 31.2. The van der Waals surface area contributed by atoms with Crippen LogP contribution in [-0.2, 0) is 17.9 Å². The van der Waals surface area contributed by atoms with Gasteiger partial charge in [-0.3, -0.25) is 9.59 Å². The predicted octanol–water partition coefficient (Wildman–Crippen LogP) is 3.77. The summed E-state index contributed by atoms with van der Waals surface area (Å²) in [6.07, 6.45) is 4.73. The van der Waals surface area contributed by atoms with Gasteiger partial charge in [-0.15, -0.1) is 0 Å². The SMILES string of the molecule is O=C(Nc1ccccc1Cl)c1cnc2n1CCN(C(=O)/C=C/COc1ccccc1)C2. The van der Waals surface area contributed by atoms with Crippen LogP contribution in [0.1, 0.15) is 16.3 Å². The van der Waals surface area contributed by atoms with Gasteiger partial charge in [0.15, 0.2) is 0 Å². The number of fused-ring (bicyclic) bond motifs is 1. The largest absolute Gasteiger partial charge is 0.490 e. The van der Waals surface area contributed by atoms with Crippen LogP contribution in [0.5, 0.6) is 5.75 Å². The highest BCUT2D eigenvalue weighted by molar-refractivity contribution is 6.33. The van der Waals surface area contributed by atoms with Gasteiger partial charge in [0.1, 0.15) is 23.9 Å². The molecular weight excluding hydrogens is 416 g/mol. The Balaban J connectivity index is 1.34. The van der Waals surface area contributed by atoms with Crippen molar-refractivity contribution in [1.29, 1.82) is 0 Å². The number of carbonyl (C=O) groups excluding carboxylic acids is 2. The number of carbonyl (C=O) groups is 2. The summed E-state index contributed by atoms with van der Waals surface area (Å²) < 4.78 is 7.39. The fraction of sp³-hybridized carbons (Fsp3) is 0.174. The molecule has 1 N–H and O–H groups in total. The number of hydrogen-bond acceptors (Lipinski definition) is 4. The van der Waals surface area contributed by atoms with Crippen molar-refractivity contribution in [3.05, 3.63) is 89.5 Å². The topological polar surface area (TPSA) is 76.5 Å². The first-order valence-corrected chi connectivity index (χ1v) is 10.2. The van der Waals surface area contributed by atoms with Crippen molar-refractivity contribution >= 4 is 29.1 Å². The van der Waals surface area contributed by atoms with Crippen LogP contribution in [0.2, 0.25) is 5.02 Å². The van der Waals surface area contributed by atoms with Gasteiger partial charge in [0.25, 0.3) is 5.91 Å². The summed E-state index contributed by atoms with van der Waals surface area (Å²) in [7, 11) is 0. The second-order valence-electron chi connectivity index (χ2n) is 6.93. The van der Waals surface area contributed by atoms with E-state index in [0.29, 0.717) is 48.5 Å². The van der Waals surface area contributed by atoms with E-state index in [2.05, 4.69) is 10.3 Å². The number of nitrogens with one attached hydrogen (secondary N) is 1. The summed E-state index contributed by atoms with van der Waals surface area (Å²) in [6.45, 7) is 1.62. The Hall–Kier alpha value is -3.58. The van der Waals surface area contributed by atoms with Crippen molar-refractivity contribution < 1.29 is 14.3 Å². The lowest BCUT2D eigenvalue weighted by atomic mass is 10.3. The van der Waals surface area contributed by atoms with Crippen molar-refractivity contribution in [2.45, 2.75) is 13.1 Å². The van der Waals surface area contributed by atoms with Gasteiger partial charge in [-0.1, -0.05) is 41.9 Å². The molecule has 0 saturated carbocycles. The first-order valence-electron chi connectivity index (χ1n) is 9.85. The fourth-order valence-electron chi connectivity index (χ4n) is 3.29. The lowest BCUT2D eigenvalue weighted by Gasteiger charge is -2.27. The Morgan fingerprint density at radius 2 is 1.87 bits per heavy atom. The second kappa shape index (κ2) is 9.49. The van der Waals surface area contributed by atoms with Crippen molar-refractivity contribution in [2.75, 3.05) is 18.5 Å². The molecule has 0 unspecified atom stereocenters. The van der Waals surface area contributed by atoms with E-state index in [1.54, 1.807) is 35.2 Å². The minimum atomic E-state index is -0.287. The first-order chi connectivity index (χ1) is 15.1. The molecule has 0 fully saturated rings. The molecule has 2 heterocycles. The van der Waals surface area contributed by atoms with Gasteiger partial charge in [0, 0.05) is 19.2 Å². The fourth-order valence-corrected chi connectivity index (χ4v) is 3.48. The van der Waals surface area contributed by atoms with E-state index in [4.69, 9.17) is 16.3 Å². The quantitative estimate of drug-likeness (QED) is 0.597. The molecule has 4 rings (SSSR count). The molecule has 0 atom stereocenters. The van der Waals surface area contributed by atoms with Crippen LogP contribution in [0.25, 0.3) is 0 Å². The Morgan fingerprint density at radius 1 is 1.10 bits per heavy atom. The molecule has 0 aliphatic carbocycles. The van der Waals surface area contributed by atoms with Crippen molar-refractivity contribution in [2.24, 2.45) is 0 Å². The van der Waals surface area contributed by atoms with Crippen LogP contribution in [-0.4, -0.2) is 39.4 Å². The molecule has 0 radical (unpaired) electrons. The van der Waals surface area contributed by atoms with Crippen molar-refractivity contribution in [3.8, 4) is 5.75 Å². The van der Waals surface area contributed by atoms with Crippen LogP contribution in [0.4, 0.5) is 5.69 Å². The smallest absolute Gasteiger partial charge is 0.273 e. The molecule has 0 spiro atoms. The van der Waals surface area contributed by atoms with Gasteiger partial charge in [0.2, 0.25) is 5.91 Å². The van der Waals surface area contributed by atoms with Crippen molar-refractivity contribution in [1.82, 2.24) is 14.5 Å². The average Bonchev–Trinajstić information content (AvgIpc) is 3.22. The number of nitrogens with zero attached hydrogens (tertiary/aromatic N) is 3. The molecule has 2 amide bonds. The van der Waals surface area contributed by atoms with E-state index in [1.165, 1.54) is 12.3 Å². The average molecular weight is 437 g/mol. The molecule has 1 aromatic heterocycles. The number of amides is 2. The van der Waals surface area contributed by atoms with Crippen LogP contribution in [0.3, 0.4) is 0 Å². The molecule has 7 nitrogen and oxygen atoms in total. The Labute approximate surface area is 184 Å². The lowest BCUT2D eigenvalue weighted by Crippen LogP contribution is -2.38. The van der Waals surface area contributed by atoms with Crippen LogP contribution in [0, 0.1) is 0 Å². The highest BCUT2D eigenvalue weighted by atomic mass is 35.5. The molecule has 31 heavy (non-hydrogen) atoms. The molecule has 8 heteroatoms. The van der Waals surface area contributed by atoms with E-state index in [9.17, 15) is 9.59 Å². The molecule has 3 aromatic rings. The highest BCUT2D eigenvalue weighted by Gasteiger charge is 2.25. The van der Waals surface area contributed by atoms with Crippen LogP contribution in [0.15, 0.2) is 72.9 Å². The number of rotatable bonds is 6.